The van der Waals surface area contributed by atoms with Gasteiger partial charge in [-0.3, -0.25) is 9.97 Å². The van der Waals surface area contributed by atoms with E-state index in [1.807, 2.05) is 0 Å². The second-order valence-corrected chi connectivity index (χ2v) is 14.4. The summed E-state index contributed by atoms with van der Waals surface area (Å²) >= 11 is 0. The van der Waals surface area contributed by atoms with Crippen LogP contribution in [0, 0.1) is 46.3 Å². The first-order chi connectivity index (χ1) is 20.3. The van der Waals surface area contributed by atoms with Crippen molar-refractivity contribution < 1.29 is 19.1 Å². The fourth-order valence-corrected chi connectivity index (χ4v) is 10.3. The molecule has 6 nitrogen and oxygen atoms in total. The quantitative estimate of drug-likeness (QED) is 0.236. The molecule has 9 atom stereocenters. The van der Waals surface area contributed by atoms with Crippen molar-refractivity contribution in [1.82, 2.24) is 9.97 Å². The summed E-state index contributed by atoms with van der Waals surface area (Å²) < 4.78 is 11.5. The van der Waals surface area contributed by atoms with Gasteiger partial charge in [0, 0.05) is 24.8 Å². The molecule has 0 saturated heterocycles. The van der Waals surface area contributed by atoms with Gasteiger partial charge in [-0.2, -0.15) is 0 Å². The minimum Gasteiger partial charge on any atom is -0.462 e. The molecule has 0 spiro atoms. The number of carbonyl (C=O) groups is 2. The van der Waals surface area contributed by atoms with Crippen LogP contribution in [0.5, 0.6) is 0 Å². The van der Waals surface area contributed by atoms with E-state index >= 15 is 0 Å². The van der Waals surface area contributed by atoms with Gasteiger partial charge in [0.05, 0.1) is 17.7 Å². The molecule has 0 N–H and O–H groups in total. The lowest BCUT2D eigenvalue weighted by Crippen LogP contribution is -2.54. The molecule has 6 heteroatoms. The van der Waals surface area contributed by atoms with E-state index < -0.39 is 0 Å². The third-order valence-electron chi connectivity index (χ3n) is 12.5. The number of pyridine rings is 2. The Kier molecular flexibility index (Phi) is 8.44. The maximum absolute atomic E-state index is 12.7. The standard InChI is InChI=1S/C36H48N2O4/c1-24(7-6-20-41-33(39)25-8-4-18-37-22-25)30-12-13-31-29-11-10-27-21-28(42-34(40)26-9-5-19-38-23-26)14-16-35(27,2)32(29)15-17-36(30,31)3/h4-5,8-9,18-19,22-24,27-32H,6-7,10-17,20-21H2,1-3H3/t24-,27-,28-,29+,30-,31+,32+,35+,36-/m1/s1. The number of carbonyl (C=O) groups excluding carboxylic acids is 2. The maximum Gasteiger partial charge on any atom is 0.339 e. The first kappa shape index (κ1) is 29.3. The molecule has 2 aromatic rings. The molecule has 0 aliphatic heterocycles. The van der Waals surface area contributed by atoms with Crippen LogP contribution in [0.15, 0.2) is 49.1 Å². The fraction of sp³-hybridized carbons (Fsp3) is 0.667. The highest BCUT2D eigenvalue weighted by atomic mass is 16.5. The lowest BCUT2D eigenvalue weighted by molar-refractivity contribution is -0.130. The van der Waals surface area contributed by atoms with Gasteiger partial charge in [-0.05, 0) is 141 Å². The summed E-state index contributed by atoms with van der Waals surface area (Å²) in [7, 11) is 0. The first-order valence-electron chi connectivity index (χ1n) is 16.5. The molecule has 2 heterocycles. The summed E-state index contributed by atoms with van der Waals surface area (Å²) in [6.45, 7) is 8.12. The van der Waals surface area contributed by atoms with Crippen LogP contribution in [0.1, 0.15) is 112 Å². The third-order valence-corrected chi connectivity index (χ3v) is 12.5. The van der Waals surface area contributed by atoms with Crippen LogP contribution in [-0.2, 0) is 9.47 Å². The van der Waals surface area contributed by atoms with E-state index in [0.717, 1.165) is 49.4 Å². The Labute approximate surface area is 251 Å². The largest absolute Gasteiger partial charge is 0.462 e. The molecular formula is C36H48N2O4. The van der Waals surface area contributed by atoms with Gasteiger partial charge in [-0.1, -0.05) is 20.8 Å². The van der Waals surface area contributed by atoms with Crippen molar-refractivity contribution in [3.05, 3.63) is 60.2 Å². The number of rotatable bonds is 8. The zero-order valence-corrected chi connectivity index (χ0v) is 25.7. The molecule has 0 aromatic carbocycles. The van der Waals surface area contributed by atoms with Gasteiger partial charge in [0.2, 0.25) is 0 Å². The number of nitrogens with zero attached hydrogens (tertiary/aromatic N) is 2. The molecule has 4 aliphatic carbocycles. The van der Waals surface area contributed by atoms with Crippen molar-refractivity contribution in [2.45, 2.75) is 97.5 Å². The Bertz CT molecular complexity index is 1240. The summed E-state index contributed by atoms with van der Waals surface area (Å²) in [5.74, 6) is 4.00. The molecule has 2 aromatic heterocycles. The van der Waals surface area contributed by atoms with E-state index in [2.05, 4.69) is 30.7 Å². The minimum absolute atomic E-state index is 0.0292. The Balaban J connectivity index is 1.03. The Hall–Kier alpha value is -2.76. The van der Waals surface area contributed by atoms with Crippen molar-refractivity contribution in [3.8, 4) is 0 Å². The van der Waals surface area contributed by atoms with Gasteiger partial charge in [-0.15, -0.1) is 0 Å². The molecule has 4 saturated carbocycles. The third kappa shape index (κ3) is 5.51. The summed E-state index contributed by atoms with van der Waals surface area (Å²) in [5.41, 5.74) is 1.86. The van der Waals surface area contributed by atoms with Crippen molar-refractivity contribution in [2.24, 2.45) is 46.3 Å². The summed E-state index contributed by atoms with van der Waals surface area (Å²) in [6.07, 6.45) is 19.8. The van der Waals surface area contributed by atoms with Crippen molar-refractivity contribution in [2.75, 3.05) is 6.61 Å². The minimum atomic E-state index is -0.272. The molecule has 6 rings (SSSR count). The van der Waals surface area contributed by atoms with Crippen molar-refractivity contribution >= 4 is 11.9 Å². The van der Waals surface area contributed by atoms with E-state index in [9.17, 15) is 9.59 Å². The molecule has 0 amide bonds. The summed E-state index contributed by atoms with van der Waals surface area (Å²) in [4.78, 5) is 33.1. The van der Waals surface area contributed by atoms with Crippen LogP contribution in [-0.4, -0.2) is 34.6 Å². The van der Waals surface area contributed by atoms with Crippen LogP contribution in [0.4, 0.5) is 0 Å². The number of fused-ring (bicyclic) bond motifs is 5. The van der Waals surface area contributed by atoms with Gasteiger partial charge in [0.15, 0.2) is 0 Å². The Morgan fingerprint density at radius 1 is 0.881 bits per heavy atom. The second kappa shape index (κ2) is 12.1. The molecule has 0 bridgehead atoms. The van der Waals surface area contributed by atoms with E-state index in [-0.39, 0.29) is 18.0 Å². The topological polar surface area (TPSA) is 78.4 Å². The number of ether oxygens (including phenoxy) is 2. The van der Waals surface area contributed by atoms with E-state index in [0.29, 0.717) is 40.4 Å². The fourth-order valence-electron chi connectivity index (χ4n) is 10.3. The van der Waals surface area contributed by atoms with Crippen LogP contribution in [0.2, 0.25) is 0 Å². The molecule has 226 valence electrons. The zero-order chi connectivity index (χ0) is 29.3. The van der Waals surface area contributed by atoms with Crippen LogP contribution < -0.4 is 0 Å². The van der Waals surface area contributed by atoms with Crippen molar-refractivity contribution in [1.29, 1.82) is 0 Å². The highest BCUT2D eigenvalue weighted by molar-refractivity contribution is 5.89. The molecule has 4 fully saturated rings. The monoisotopic (exact) mass is 572 g/mol. The first-order valence-corrected chi connectivity index (χ1v) is 16.5. The van der Waals surface area contributed by atoms with E-state index in [1.54, 1.807) is 49.1 Å². The van der Waals surface area contributed by atoms with E-state index in [4.69, 9.17) is 9.47 Å². The number of hydrogen-bond acceptors (Lipinski definition) is 6. The van der Waals surface area contributed by atoms with Crippen LogP contribution in [0.25, 0.3) is 0 Å². The van der Waals surface area contributed by atoms with Crippen molar-refractivity contribution in [3.63, 3.8) is 0 Å². The second-order valence-electron chi connectivity index (χ2n) is 14.4. The predicted molar refractivity (Wildman–Crippen MR) is 162 cm³/mol. The van der Waals surface area contributed by atoms with Gasteiger partial charge >= 0.3 is 11.9 Å². The lowest BCUT2D eigenvalue weighted by atomic mass is 9.44. The molecule has 42 heavy (non-hydrogen) atoms. The normalized spacial score (nSPS) is 36.2. The van der Waals surface area contributed by atoms with Crippen LogP contribution in [0.3, 0.4) is 0 Å². The number of aromatic nitrogens is 2. The van der Waals surface area contributed by atoms with Crippen LogP contribution >= 0.6 is 0 Å². The SMILES string of the molecule is C[C@H](CCCOC(=O)c1cccnc1)[C@H]1CC[C@H]2[C@@H]3CC[C@@H]4C[C@H](OC(=O)c5cccnc5)CC[C@]4(C)[C@H]3CC[C@]12C. The summed E-state index contributed by atoms with van der Waals surface area (Å²) in [6, 6.07) is 7.11. The molecule has 0 unspecified atom stereocenters. The summed E-state index contributed by atoms with van der Waals surface area (Å²) in [5, 5.41) is 0. The number of esters is 2. The number of hydrogen-bond donors (Lipinski definition) is 0. The van der Waals surface area contributed by atoms with Gasteiger partial charge in [-0.25, -0.2) is 9.59 Å². The molecular weight excluding hydrogens is 524 g/mol. The molecule has 4 aliphatic rings. The zero-order valence-electron chi connectivity index (χ0n) is 25.7. The van der Waals surface area contributed by atoms with E-state index in [1.165, 1.54) is 44.9 Å². The van der Waals surface area contributed by atoms with Gasteiger partial charge in [0.1, 0.15) is 6.10 Å². The highest BCUT2D eigenvalue weighted by Crippen LogP contribution is 2.68. The highest BCUT2D eigenvalue weighted by Gasteiger charge is 2.60. The lowest BCUT2D eigenvalue weighted by Gasteiger charge is -2.61. The predicted octanol–water partition coefficient (Wildman–Crippen LogP) is 7.93. The average molecular weight is 573 g/mol. The molecule has 0 radical (unpaired) electrons. The van der Waals surface area contributed by atoms with Gasteiger partial charge in [0.25, 0.3) is 0 Å². The Morgan fingerprint density at radius 2 is 1.57 bits per heavy atom. The maximum atomic E-state index is 12.7. The Morgan fingerprint density at radius 3 is 2.29 bits per heavy atom. The average Bonchev–Trinajstić information content (AvgIpc) is 3.37. The van der Waals surface area contributed by atoms with Gasteiger partial charge < -0.3 is 9.47 Å². The smallest absolute Gasteiger partial charge is 0.339 e.